The number of hydrogen-bond acceptors (Lipinski definition) is 2. The van der Waals surface area contributed by atoms with Crippen LogP contribution in [-0.4, -0.2) is 20.1 Å². The summed E-state index contributed by atoms with van der Waals surface area (Å²) in [4.78, 5) is 0. The molecule has 15 heavy (non-hydrogen) atoms. The first-order chi connectivity index (χ1) is 6.94. The van der Waals surface area contributed by atoms with Crippen molar-refractivity contribution < 1.29 is 8.42 Å². The van der Waals surface area contributed by atoms with Gasteiger partial charge in [-0.25, -0.2) is 8.42 Å². The molecule has 0 fully saturated rings. The predicted octanol–water partition coefficient (Wildman–Crippen LogP) is 3.08. The monoisotopic (exact) mass is 331 g/mol. The second kappa shape index (κ2) is 5.39. The molecule has 84 valence electrons. The average molecular weight is 333 g/mol. The molecule has 1 aromatic carbocycles. The Kier molecular flexibility index (Phi) is 4.70. The first-order valence-corrected chi connectivity index (χ1v) is 7.32. The molecule has 0 radical (unpaired) electrons. The molecule has 0 spiro atoms. The maximum absolute atomic E-state index is 11.4. The molecule has 1 aromatic rings. The Hall–Kier alpha value is 0.0300. The van der Waals surface area contributed by atoms with Crippen LogP contribution in [-0.2, 0) is 10.0 Å². The molecular formula is C8H8BrCl2NO2S. The zero-order valence-electron chi connectivity index (χ0n) is 7.50. The van der Waals surface area contributed by atoms with Crippen LogP contribution >= 0.6 is 39.1 Å². The van der Waals surface area contributed by atoms with Gasteiger partial charge in [-0.05, 0) is 34.1 Å². The molecule has 0 atom stereocenters. The number of halogens is 3. The molecule has 0 aromatic heterocycles. The molecule has 7 heteroatoms. The number of benzene rings is 1. The smallest absolute Gasteiger partial charge is 0.233 e. The quantitative estimate of drug-likeness (QED) is 0.861. The number of hydrogen-bond donors (Lipinski definition) is 1. The number of anilines is 1. The van der Waals surface area contributed by atoms with Gasteiger partial charge >= 0.3 is 0 Å². The summed E-state index contributed by atoms with van der Waals surface area (Å²) in [5, 5.41) is 0.523. The van der Waals surface area contributed by atoms with Crippen molar-refractivity contribution in [3.8, 4) is 0 Å². The summed E-state index contributed by atoms with van der Waals surface area (Å²) >= 11 is 14.3. The van der Waals surface area contributed by atoms with Gasteiger partial charge in [0.05, 0.1) is 10.8 Å². The van der Waals surface area contributed by atoms with Gasteiger partial charge in [-0.15, -0.1) is 11.6 Å². The Bertz CT molecular complexity index is 450. The van der Waals surface area contributed by atoms with Gasteiger partial charge in [-0.2, -0.15) is 0 Å². The summed E-state index contributed by atoms with van der Waals surface area (Å²) in [6.45, 7) is 0. The Balaban J connectivity index is 2.86. The number of alkyl halides is 1. The topological polar surface area (TPSA) is 46.2 Å². The molecule has 0 saturated heterocycles. The van der Waals surface area contributed by atoms with Crippen LogP contribution < -0.4 is 4.72 Å². The molecule has 1 rings (SSSR count). The molecule has 0 saturated carbocycles. The molecule has 0 aliphatic carbocycles. The largest absolute Gasteiger partial charge is 0.283 e. The summed E-state index contributed by atoms with van der Waals surface area (Å²) < 4.78 is 25.7. The highest BCUT2D eigenvalue weighted by Crippen LogP contribution is 2.25. The van der Waals surface area contributed by atoms with Gasteiger partial charge in [-0.1, -0.05) is 11.6 Å². The fourth-order valence-corrected chi connectivity index (χ4v) is 2.79. The lowest BCUT2D eigenvalue weighted by atomic mass is 10.3. The summed E-state index contributed by atoms with van der Waals surface area (Å²) in [7, 11) is -3.36. The first kappa shape index (κ1) is 13.1. The lowest BCUT2D eigenvalue weighted by Gasteiger charge is -2.07. The molecular weight excluding hydrogens is 325 g/mol. The van der Waals surface area contributed by atoms with Crippen LogP contribution in [0, 0.1) is 0 Å². The van der Waals surface area contributed by atoms with Gasteiger partial charge in [-0.3, -0.25) is 4.72 Å². The Morgan fingerprint density at radius 2 is 2.07 bits per heavy atom. The molecule has 1 N–H and O–H groups in total. The van der Waals surface area contributed by atoms with Crippen LogP contribution in [0.4, 0.5) is 5.69 Å². The molecule has 0 amide bonds. The zero-order chi connectivity index (χ0) is 11.5. The van der Waals surface area contributed by atoms with Crippen molar-refractivity contribution in [2.45, 2.75) is 0 Å². The lowest BCUT2D eigenvalue weighted by Crippen LogP contribution is -2.17. The number of sulfonamides is 1. The van der Waals surface area contributed by atoms with Gasteiger partial charge in [0.15, 0.2) is 0 Å². The van der Waals surface area contributed by atoms with Crippen molar-refractivity contribution in [1.29, 1.82) is 0 Å². The van der Waals surface area contributed by atoms with Gasteiger partial charge < -0.3 is 0 Å². The van der Waals surface area contributed by atoms with E-state index in [1.54, 1.807) is 18.2 Å². The second-order valence-electron chi connectivity index (χ2n) is 2.74. The van der Waals surface area contributed by atoms with Crippen molar-refractivity contribution in [3.05, 3.63) is 27.7 Å². The molecule has 0 aliphatic heterocycles. The second-order valence-corrected chi connectivity index (χ2v) is 6.22. The molecule has 3 nitrogen and oxygen atoms in total. The van der Waals surface area contributed by atoms with Gasteiger partial charge in [0.25, 0.3) is 0 Å². The Labute approximate surface area is 107 Å². The minimum absolute atomic E-state index is 0.0596. The Morgan fingerprint density at radius 3 is 2.60 bits per heavy atom. The SMILES string of the molecule is O=S(=O)(CCCl)Nc1ccc(Cl)c(Br)c1. The average Bonchev–Trinajstić information content (AvgIpc) is 2.10. The third-order valence-corrected chi connectivity index (χ3v) is 4.45. The van der Waals surface area contributed by atoms with Crippen molar-refractivity contribution in [1.82, 2.24) is 0 Å². The van der Waals surface area contributed by atoms with Crippen molar-refractivity contribution in [2.75, 3.05) is 16.4 Å². The summed E-state index contributed by atoms with van der Waals surface area (Å²) in [6.07, 6.45) is 0. The molecule has 0 aliphatic rings. The standard InChI is InChI=1S/C8H8BrCl2NO2S/c9-7-5-6(1-2-8(7)11)12-15(13,14)4-3-10/h1-2,5,12H,3-4H2. The van der Waals surface area contributed by atoms with Crippen LogP contribution in [0.3, 0.4) is 0 Å². The predicted molar refractivity (Wildman–Crippen MR) is 67.3 cm³/mol. The van der Waals surface area contributed by atoms with E-state index >= 15 is 0 Å². The van der Waals surface area contributed by atoms with Crippen LogP contribution in [0.2, 0.25) is 5.02 Å². The minimum Gasteiger partial charge on any atom is -0.283 e. The van der Waals surface area contributed by atoms with Crippen molar-refractivity contribution >= 4 is 54.8 Å². The summed E-state index contributed by atoms with van der Waals surface area (Å²) in [5.74, 6) is -0.0567. The van der Waals surface area contributed by atoms with Crippen LogP contribution in [0.5, 0.6) is 0 Å². The third-order valence-electron chi connectivity index (χ3n) is 1.54. The number of nitrogens with one attached hydrogen (secondary N) is 1. The molecule has 0 heterocycles. The van der Waals surface area contributed by atoms with Crippen molar-refractivity contribution in [3.63, 3.8) is 0 Å². The fraction of sp³-hybridized carbons (Fsp3) is 0.250. The molecule has 0 bridgehead atoms. The van der Waals surface area contributed by atoms with E-state index in [0.717, 1.165) is 0 Å². The van der Waals surface area contributed by atoms with Crippen LogP contribution in [0.1, 0.15) is 0 Å². The van der Waals surface area contributed by atoms with E-state index in [-0.39, 0.29) is 11.6 Å². The summed E-state index contributed by atoms with van der Waals surface area (Å²) in [5.41, 5.74) is 0.455. The van der Waals surface area contributed by atoms with E-state index in [4.69, 9.17) is 23.2 Å². The van der Waals surface area contributed by atoms with E-state index in [9.17, 15) is 8.42 Å². The van der Waals surface area contributed by atoms with E-state index in [1.807, 2.05) is 0 Å². The molecule has 0 unspecified atom stereocenters. The summed E-state index contributed by atoms with van der Waals surface area (Å²) in [6, 6.07) is 4.77. The maximum atomic E-state index is 11.4. The highest BCUT2D eigenvalue weighted by molar-refractivity contribution is 9.10. The van der Waals surface area contributed by atoms with Crippen LogP contribution in [0.15, 0.2) is 22.7 Å². The lowest BCUT2D eigenvalue weighted by molar-refractivity contribution is 0.602. The third kappa shape index (κ3) is 4.18. The fourth-order valence-electron chi connectivity index (χ4n) is 0.892. The van der Waals surface area contributed by atoms with E-state index in [2.05, 4.69) is 20.7 Å². The van der Waals surface area contributed by atoms with Gasteiger partial charge in [0.1, 0.15) is 0 Å². The van der Waals surface area contributed by atoms with Crippen molar-refractivity contribution in [2.24, 2.45) is 0 Å². The van der Waals surface area contributed by atoms with E-state index in [1.165, 1.54) is 0 Å². The highest BCUT2D eigenvalue weighted by Gasteiger charge is 2.09. The normalized spacial score (nSPS) is 11.4. The van der Waals surface area contributed by atoms with Gasteiger partial charge in [0, 0.05) is 16.0 Å². The highest BCUT2D eigenvalue weighted by atomic mass is 79.9. The number of rotatable bonds is 4. The zero-order valence-corrected chi connectivity index (χ0v) is 11.4. The van der Waals surface area contributed by atoms with E-state index < -0.39 is 10.0 Å². The maximum Gasteiger partial charge on any atom is 0.233 e. The minimum atomic E-state index is -3.36. The van der Waals surface area contributed by atoms with Gasteiger partial charge in [0.2, 0.25) is 10.0 Å². The Morgan fingerprint density at radius 1 is 1.40 bits per heavy atom. The first-order valence-electron chi connectivity index (χ1n) is 3.96. The van der Waals surface area contributed by atoms with Crippen LogP contribution in [0.25, 0.3) is 0 Å². The van der Waals surface area contributed by atoms with E-state index in [0.29, 0.717) is 15.2 Å².